The normalized spacial score (nSPS) is 18.1. The zero-order valence-electron chi connectivity index (χ0n) is 16.8. The molecule has 2 saturated heterocycles. The Morgan fingerprint density at radius 3 is 2.83 bits per heavy atom. The van der Waals surface area contributed by atoms with E-state index in [1.54, 1.807) is 25.7 Å². The van der Waals surface area contributed by atoms with Gasteiger partial charge in [-0.3, -0.25) is 10.3 Å². The first-order chi connectivity index (χ1) is 14.7. The number of nitrogens with zero attached hydrogens (tertiary/aromatic N) is 4. The van der Waals surface area contributed by atoms with Crippen molar-refractivity contribution in [1.82, 2.24) is 19.9 Å². The zero-order chi connectivity index (χ0) is 20.6. The number of fused-ring (bicyclic) bond motifs is 1. The number of carbonyl (C=O) groups excluding carboxylic acids is 1. The summed E-state index contributed by atoms with van der Waals surface area (Å²) in [7, 11) is 1.57. The highest BCUT2D eigenvalue weighted by Gasteiger charge is 2.41. The second-order valence-electron chi connectivity index (χ2n) is 7.83. The van der Waals surface area contributed by atoms with Crippen molar-refractivity contribution in [2.45, 2.75) is 19.3 Å². The first-order valence-corrected chi connectivity index (χ1v) is 10.9. The van der Waals surface area contributed by atoms with E-state index in [0.29, 0.717) is 16.5 Å². The molecule has 0 aromatic carbocycles. The van der Waals surface area contributed by atoms with Crippen molar-refractivity contribution < 1.29 is 14.3 Å². The maximum absolute atomic E-state index is 12.9. The minimum atomic E-state index is -0.102. The van der Waals surface area contributed by atoms with Crippen LogP contribution in [0.25, 0.3) is 21.3 Å². The Morgan fingerprint density at radius 1 is 1.27 bits per heavy atom. The predicted molar refractivity (Wildman–Crippen MR) is 115 cm³/mol. The summed E-state index contributed by atoms with van der Waals surface area (Å²) in [4.78, 5) is 27.9. The quantitative estimate of drug-likeness (QED) is 0.687. The van der Waals surface area contributed by atoms with Crippen molar-refractivity contribution >= 4 is 32.7 Å². The molecule has 9 heteroatoms. The van der Waals surface area contributed by atoms with Crippen LogP contribution in [0.2, 0.25) is 0 Å². The van der Waals surface area contributed by atoms with E-state index < -0.39 is 0 Å². The van der Waals surface area contributed by atoms with Gasteiger partial charge in [0.05, 0.1) is 11.8 Å². The summed E-state index contributed by atoms with van der Waals surface area (Å²) in [6, 6.07) is 3.76. The molecule has 0 atom stereocenters. The van der Waals surface area contributed by atoms with Gasteiger partial charge in [0.1, 0.15) is 5.52 Å². The highest BCUT2D eigenvalue weighted by molar-refractivity contribution is 7.23. The van der Waals surface area contributed by atoms with Crippen LogP contribution in [0.3, 0.4) is 0 Å². The fourth-order valence-corrected chi connectivity index (χ4v) is 5.30. The lowest BCUT2D eigenvalue weighted by atomic mass is 9.80. The molecule has 0 radical (unpaired) electrons. The van der Waals surface area contributed by atoms with Gasteiger partial charge in [0.2, 0.25) is 5.88 Å². The lowest BCUT2D eigenvalue weighted by Crippen LogP contribution is -2.37. The van der Waals surface area contributed by atoms with Crippen LogP contribution in [0.1, 0.15) is 19.3 Å². The molecule has 0 aliphatic carbocycles. The van der Waals surface area contributed by atoms with Crippen LogP contribution < -0.4 is 10.1 Å². The van der Waals surface area contributed by atoms with Gasteiger partial charge in [-0.25, -0.2) is 14.8 Å². The smallest absolute Gasteiger partial charge is 0.323 e. The van der Waals surface area contributed by atoms with E-state index in [1.165, 1.54) is 11.3 Å². The third kappa shape index (κ3) is 3.48. The number of thiazole rings is 1. The molecular weight excluding hydrogens is 402 g/mol. The average Bonchev–Trinajstić information content (AvgIpc) is 3.38. The summed E-state index contributed by atoms with van der Waals surface area (Å²) in [5, 5.41) is 3.54. The van der Waals surface area contributed by atoms with Gasteiger partial charge in [-0.1, -0.05) is 11.3 Å². The molecule has 1 spiro atoms. The molecule has 2 fully saturated rings. The molecule has 2 aliphatic rings. The molecule has 1 N–H and O–H groups in total. The summed E-state index contributed by atoms with van der Waals surface area (Å²) in [5.74, 6) is 0.446. The number of carbonyl (C=O) groups is 1. The van der Waals surface area contributed by atoms with Gasteiger partial charge < -0.3 is 14.4 Å². The number of anilines is 1. The largest absolute Gasteiger partial charge is 0.479 e. The standard InChI is InChI=1S/C21H23N5O3S/c1-28-18-16-17(15(12-23-18)14-2-7-22-8-3-14)30-19(24-16)25-20(27)26-9-4-21(13-26)5-10-29-11-6-21/h2-3,7-8,12H,4-6,9-11,13H2,1H3,(H,24,25,27). The van der Waals surface area contributed by atoms with Crippen LogP contribution in [0, 0.1) is 5.41 Å². The zero-order valence-corrected chi connectivity index (χ0v) is 17.6. The van der Waals surface area contributed by atoms with E-state index in [0.717, 1.165) is 61.4 Å². The molecular formula is C21H23N5O3S. The van der Waals surface area contributed by atoms with Crippen LogP contribution in [-0.4, -0.2) is 59.3 Å². The Hall–Kier alpha value is -2.78. The number of hydrogen-bond acceptors (Lipinski definition) is 7. The molecule has 2 amide bonds. The topological polar surface area (TPSA) is 89.5 Å². The van der Waals surface area contributed by atoms with E-state index in [-0.39, 0.29) is 11.4 Å². The minimum absolute atomic E-state index is 0.102. The van der Waals surface area contributed by atoms with Crippen LogP contribution in [0.5, 0.6) is 5.88 Å². The Balaban J connectivity index is 1.40. The van der Waals surface area contributed by atoms with Crippen molar-refractivity contribution in [3.63, 3.8) is 0 Å². The first kappa shape index (κ1) is 19.2. The van der Waals surface area contributed by atoms with Crippen LogP contribution in [0.15, 0.2) is 30.7 Å². The third-order valence-electron chi connectivity index (χ3n) is 6.06. The first-order valence-electron chi connectivity index (χ1n) is 10.1. The Kier molecular flexibility index (Phi) is 5.00. The van der Waals surface area contributed by atoms with Gasteiger partial charge >= 0.3 is 6.03 Å². The fraction of sp³-hybridized carbons (Fsp3) is 0.429. The molecule has 0 unspecified atom stereocenters. The number of rotatable bonds is 3. The molecule has 30 heavy (non-hydrogen) atoms. The third-order valence-corrected chi connectivity index (χ3v) is 7.07. The molecule has 3 aromatic rings. The summed E-state index contributed by atoms with van der Waals surface area (Å²) >= 11 is 1.43. The lowest BCUT2D eigenvalue weighted by Gasteiger charge is -2.33. The van der Waals surface area contributed by atoms with Crippen molar-refractivity contribution in [3.8, 4) is 17.0 Å². The van der Waals surface area contributed by atoms with Crippen LogP contribution in [0.4, 0.5) is 9.93 Å². The summed E-state index contributed by atoms with van der Waals surface area (Å²) in [5.41, 5.74) is 2.79. The highest BCUT2D eigenvalue weighted by atomic mass is 32.1. The predicted octanol–water partition coefficient (Wildman–Crippen LogP) is 3.80. The number of methoxy groups -OCH3 is 1. The van der Waals surface area contributed by atoms with E-state index in [4.69, 9.17) is 9.47 Å². The van der Waals surface area contributed by atoms with Gasteiger partial charge in [0.15, 0.2) is 5.13 Å². The van der Waals surface area contributed by atoms with E-state index in [1.807, 2.05) is 17.0 Å². The number of aromatic nitrogens is 3. The van der Waals surface area contributed by atoms with Gasteiger partial charge in [-0.05, 0) is 42.4 Å². The minimum Gasteiger partial charge on any atom is -0.479 e. The van der Waals surface area contributed by atoms with Crippen molar-refractivity contribution in [2.75, 3.05) is 38.7 Å². The summed E-state index contributed by atoms with van der Waals surface area (Å²) in [6.45, 7) is 3.12. The molecule has 8 nitrogen and oxygen atoms in total. The van der Waals surface area contributed by atoms with E-state index in [9.17, 15) is 4.79 Å². The molecule has 156 valence electrons. The maximum Gasteiger partial charge on any atom is 0.323 e. The van der Waals surface area contributed by atoms with Gasteiger partial charge in [-0.15, -0.1) is 0 Å². The summed E-state index contributed by atoms with van der Waals surface area (Å²) < 4.78 is 11.8. The Bertz CT molecular complexity index is 1070. The molecule has 5 heterocycles. The second-order valence-corrected chi connectivity index (χ2v) is 8.83. The van der Waals surface area contributed by atoms with E-state index >= 15 is 0 Å². The molecule has 3 aromatic heterocycles. The Labute approximate surface area is 178 Å². The summed E-state index contributed by atoms with van der Waals surface area (Å²) in [6.07, 6.45) is 8.35. The van der Waals surface area contributed by atoms with Gasteiger partial charge in [0, 0.05) is 50.5 Å². The van der Waals surface area contributed by atoms with Gasteiger partial charge in [0.25, 0.3) is 0 Å². The van der Waals surface area contributed by atoms with Crippen LogP contribution >= 0.6 is 11.3 Å². The number of pyridine rings is 2. The van der Waals surface area contributed by atoms with Crippen molar-refractivity contribution in [2.24, 2.45) is 5.41 Å². The monoisotopic (exact) mass is 425 g/mol. The van der Waals surface area contributed by atoms with E-state index in [2.05, 4.69) is 20.3 Å². The highest BCUT2D eigenvalue weighted by Crippen LogP contribution is 2.41. The molecule has 5 rings (SSSR count). The van der Waals surface area contributed by atoms with Crippen LogP contribution in [-0.2, 0) is 4.74 Å². The maximum atomic E-state index is 12.9. The fourth-order valence-electron chi connectivity index (χ4n) is 4.32. The average molecular weight is 426 g/mol. The Morgan fingerprint density at radius 2 is 2.07 bits per heavy atom. The van der Waals surface area contributed by atoms with Crippen molar-refractivity contribution in [3.05, 3.63) is 30.7 Å². The SMILES string of the molecule is COc1ncc(-c2ccncc2)c2sc(NC(=O)N3CCC4(CCOCC4)C3)nc12. The number of likely N-dealkylation sites (tertiary alicyclic amines) is 1. The molecule has 0 saturated carbocycles. The number of amides is 2. The number of urea groups is 1. The number of hydrogen-bond donors (Lipinski definition) is 1. The second kappa shape index (κ2) is 7.81. The number of nitrogens with one attached hydrogen (secondary N) is 1. The molecule has 2 aliphatic heterocycles. The molecule has 0 bridgehead atoms. The number of ether oxygens (including phenoxy) is 2. The van der Waals surface area contributed by atoms with Gasteiger partial charge in [-0.2, -0.15) is 0 Å². The van der Waals surface area contributed by atoms with Crippen molar-refractivity contribution in [1.29, 1.82) is 0 Å². The lowest BCUT2D eigenvalue weighted by molar-refractivity contribution is 0.0211.